The number of anilines is 1. The van der Waals surface area contributed by atoms with Gasteiger partial charge in [0.2, 0.25) is 0 Å². The number of halogens is 1. The number of carbonyl (C=O) groups excluding carboxylic acids is 1. The van der Waals surface area contributed by atoms with Crippen LogP contribution < -0.4 is 9.04 Å². The Balaban J connectivity index is 0.000000765. The number of carboxylic acid groups (broad SMARTS) is 2. The van der Waals surface area contributed by atoms with Crippen molar-refractivity contribution in [3.63, 3.8) is 0 Å². The van der Waals surface area contributed by atoms with Crippen LogP contribution in [0.15, 0.2) is 77.7 Å². The number of hydrogen-bond donors (Lipinski definition) is 2. The molecule has 43 heavy (non-hydrogen) atoms. The molecule has 1 saturated heterocycles. The first-order chi connectivity index (χ1) is 20.5. The molecular weight excluding hydrogens is 581 g/mol. The maximum Gasteiger partial charge on any atom is 0.414 e. The van der Waals surface area contributed by atoms with Gasteiger partial charge in [-0.15, -0.1) is 0 Å². The number of methoxy groups -OCH3 is 1. The number of para-hydroxylation sites is 1. The fourth-order valence-corrected chi connectivity index (χ4v) is 6.01. The molecule has 0 bridgehead atoms. The molecule has 1 aliphatic heterocycles. The zero-order valence-corrected chi connectivity index (χ0v) is 24.0. The summed E-state index contributed by atoms with van der Waals surface area (Å²) in [6.07, 6.45) is 1.27. The number of nitrogens with zero attached hydrogens (tertiary/aromatic N) is 3. The van der Waals surface area contributed by atoms with Gasteiger partial charge in [-0.3, -0.25) is 9.10 Å². The lowest BCUT2D eigenvalue weighted by molar-refractivity contribution is -0.159. The van der Waals surface area contributed by atoms with Crippen LogP contribution in [-0.4, -0.2) is 74.5 Å². The second-order valence-electron chi connectivity index (χ2n) is 9.48. The normalized spacial score (nSPS) is 13.6. The molecule has 1 aliphatic rings. The number of nitriles is 1. The fourth-order valence-electron chi connectivity index (χ4n) is 4.53. The van der Waals surface area contributed by atoms with E-state index >= 15 is 0 Å². The number of benzene rings is 3. The maximum absolute atomic E-state index is 13.7. The van der Waals surface area contributed by atoms with E-state index < -0.39 is 22.0 Å². The molecule has 226 valence electrons. The molecule has 0 saturated carbocycles. The van der Waals surface area contributed by atoms with Crippen LogP contribution in [0.1, 0.15) is 28.8 Å². The number of Topliss-reactive ketones (excluding diaryl/α,β-unsaturated/α-hetero) is 1. The lowest BCUT2D eigenvalue weighted by atomic mass is 9.89. The average molecular weight is 612 g/mol. The molecule has 13 heteroatoms. The highest BCUT2D eigenvalue weighted by atomic mass is 32.2. The van der Waals surface area contributed by atoms with E-state index in [2.05, 4.69) is 11.0 Å². The zero-order chi connectivity index (χ0) is 31.6. The summed E-state index contributed by atoms with van der Waals surface area (Å²) >= 11 is 0. The van der Waals surface area contributed by atoms with Gasteiger partial charge in [0.05, 0.1) is 23.3 Å². The van der Waals surface area contributed by atoms with Crippen molar-refractivity contribution >= 4 is 33.4 Å². The molecule has 11 nitrogen and oxygen atoms in total. The Bertz CT molecular complexity index is 1570. The number of aliphatic carboxylic acids is 2. The van der Waals surface area contributed by atoms with E-state index in [1.165, 1.54) is 47.8 Å². The maximum atomic E-state index is 13.7. The molecule has 1 heterocycles. The van der Waals surface area contributed by atoms with Gasteiger partial charge in [-0.05, 0) is 86.6 Å². The Morgan fingerprint density at radius 2 is 1.56 bits per heavy atom. The number of ether oxygens (including phenoxy) is 1. The molecule has 3 aromatic rings. The summed E-state index contributed by atoms with van der Waals surface area (Å²) in [6.45, 7) is 1.85. The first-order valence-electron chi connectivity index (χ1n) is 13.1. The predicted octanol–water partition coefficient (Wildman–Crippen LogP) is 3.65. The van der Waals surface area contributed by atoms with Crippen molar-refractivity contribution in [1.29, 1.82) is 5.26 Å². The smallest absolute Gasteiger partial charge is 0.414 e. The van der Waals surface area contributed by atoms with E-state index in [0.29, 0.717) is 49.5 Å². The minimum atomic E-state index is -3.96. The summed E-state index contributed by atoms with van der Waals surface area (Å²) in [5, 5.41) is 24.4. The lowest BCUT2D eigenvalue weighted by Crippen LogP contribution is -2.43. The third kappa shape index (κ3) is 8.60. The van der Waals surface area contributed by atoms with Gasteiger partial charge in [0.1, 0.15) is 17.6 Å². The summed E-state index contributed by atoms with van der Waals surface area (Å²) < 4.78 is 47.0. The van der Waals surface area contributed by atoms with Gasteiger partial charge in [-0.1, -0.05) is 12.1 Å². The van der Waals surface area contributed by atoms with Gasteiger partial charge >= 0.3 is 11.9 Å². The second-order valence-corrected chi connectivity index (χ2v) is 11.3. The molecule has 0 radical (unpaired) electrons. The molecule has 2 N–H and O–H groups in total. The molecule has 0 unspecified atom stereocenters. The standard InChI is InChI=1S/C28H28FN3O4S.C2H2O4/c1-36-25-10-12-26(13-11-25)37(34,35)32(27-5-3-2-4-23(27)20-30)19-18-31-16-14-22(15-17-31)28(33)21-6-8-24(29)9-7-21;3-1(4)2(5)6/h2-13,22H,14-19H2,1H3;(H,3,4)(H,5,6). The number of piperidine rings is 1. The Morgan fingerprint density at radius 3 is 2.09 bits per heavy atom. The monoisotopic (exact) mass is 611 g/mol. The highest BCUT2D eigenvalue weighted by Crippen LogP contribution is 2.28. The van der Waals surface area contributed by atoms with Crippen LogP contribution in [0.25, 0.3) is 0 Å². The zero-order valence-electron chi connectivity index (χ0n) is 23.2. The summed E-state index contributed by atoms with van der Waals surface area (Å²) in [7, 11) is -2.45. The molecule has 0 atom stereocenters. The minimum absolute atomic E-state index is 0.00584. The highest BCUT2D eigenvalue weighted by molar-refractivity contribution is 7.92. The summed E-state index contributed by atoms with van der Waals surface area (Å²) in [6, 6.07) is 20.5. The Morgan fingerprint density at radius 1 is 0.977 bits per heavy atom. The van der Waals surface area contributed by atoms with Crippen molar-refractivity contribution in [2.75, 3.05) is 37.6 Å². The van der Waals surface area contributed by atoms with Crippen molar-refractivity contribution in [2.24, 2.45) is 5.92 Å². The van der Waals surface area contributed by atoms with Crippen molar-refractivity contribution in [1.82, 2.24) is 4.90 Å². The average Bonchev–Trinajstić information content (AvgIpc) is 3.02. The third-order valence-electron chi connectivity index (χ3n) is 6.83. The number of ketones is 1. The third-order valence-corrected chi connectivity index (χ3v) is 8.66. The van der Waals surface area contributed by atoms with Crippen LogP contribution in [-0.2, 0) is 19.6 Å². The van der Waals surface area contributed by atoms with Crippen molar-refractivity contribution in [3.8, 4) is 11.8 Å². The molecule has 3 aromatic carbocycles. The second kappa shape index (κ2) is 14.9. The molecule has 0 spiro atoms. The summed E-state index contributed by atoms with van der Waals surface area (Å²) in [5.74, 6) is -3.63. The summed E-state index contributed by atoms with van der Waals surface area (Å²) in [5.41, 5.74) is 1.09. The van der Waals surface area contributed by atoms with Crippen LogP contribution in [0, 0.1) is 23.1 Å². The molecular formula is C30H30FN3O8S. The van der Waals surface area contributed by atoms with Crippen molar-refractivity contribution in [2.45, 2.75) is 17.7 Å². The Labute approximate surface area is 248 Å². The Hall–Kier alpha value is -4.80. The SMILES string of the molecule is COc1ccc(S(=O)(=O)N(CCN2CCC(C(=O)c3ccc(F)cc3)CC2)c2ccccc2C#N)cc1.O=C(O)C(=O)O. The fraction of sp³-hybridized carbons (Fsp3) is 0.267. The number of rotatable bonds is 9. The van der Waals surface area contributed by atoms with Gasteiger partial charge in [0, 0.05) is 24.6 Å². The van der Waals surface area contributed by atoms with Crippen LogP contribution >= 0.6 is 0 Å². The van der Waals surface area contributed by atoms with E-state index in [-0.39, 0.29) is 34.5 Å². The van der Waals surface area contributed by atoms with E-state index in [1.807, 2.05) is 0 Å². The van der Waals surface area contributed by atoms with Gasteiger partial charge < -0.3 is 19.8 Å². The van der Waals surface area contributed by atoms with Crippen LogP contribution in [0.5, 0.6) is 5.75 Å². The lowest BCUT2D eigenvalue weighted by Gasteiger charge is -2.33. The molecule has 1 fully saturated rings. The van der Waals surface area contributed by atoms with Gasteiger partial charge in [-0.2, -0.15) is 5.26 Å². The number of likely N-dealkylation sites (tertiary alicyclic amines) is 1. The van der Waals surface area contributed by atoms with Crippen LogP contribution in [0.2, 0.25) is 0 Å². The largest absolute Gasteiger partial charge is 0.497 e. The quantitative estimate of drug-likeness (QED) is 0.269. The van der Waals surface area contributed by atoms with Crippen molar-refractivity contribution < 1.29 is 42.1 Å². The number of hydrogen-bond acceptors (Lipinski definition) is 8. The first-order valence-corrected chi connectivity index (χ1v) is 14.6. The first kappa shape index (κ1) is 32.7. The van der Waals surface area contributed by atoms with Crippen LogP contribution in [0.3, 0.4) is 0 Å². The minimum Gasteiger partial charge on any atom is -0.497 e. The van der Waals surface area contributed by atoms with Gasteiger partial charge in [-0.25, -0.2) is 22.4 Å². The molecule has 0 aromatic heterocycles. The number of sulfonamides is 1. The van der Waals surface area contributed by atoms with E-state index in [0.717, 1.165) is 0 Å². The summed E-state index contributed by atoms with van der Waals surface area (Å²) in [4.78, 5) is 33.2. The topological polar surface area (TPSA) is 165 Å². The van der Waals surface area contributed by atoms with E-state index in [4.69, 9.17) is 24.5 Å². The van der Waals surface area contributed by atoms with Crippen LogP contribution in [0.4, 0.5) is 10.1 Å². The number of carbonyl (C=O) groups is 3. The van der Waals surface area contributed by atoms with Gasteiger partial charge in [0.15, 0.2) is 5.78 Å². The predicted molar refractivity (Wildman–Crippen MR) is 154 cm³/mol. The van der Waals surface area contributed by atoms with Crippen molar-refractivity contribution in [3.05, 3.63) is 89.7 Å². The number of carboxylic acids is 2. The van der Waals surface area contributed by atoms with Gasteiger partial charge in [0.25, 0.3) is 10.0 Å². The highest BCUT2D eigenvalue weighted by Gasteiger charge is 2.30. The Kier molecular flexibility index (Phi) is 11.3. The van der Waals surface area contributed by atoms with E-state index in [9.17, 15) is 22.9 Å². The van der Waals surface area contributed by atoms with E-state index in [1.54, 1.807) is 36.4 Å². The molecule has 4 rings (SSSR count). The molecule has 0 aliphatic carbocycles. The molecule has 0 amide bonds.